The average molecular weight is 631 g/mol. The summed E-state index contributed by atoms with van der Waals surface area (Å²) in [5.74, 6) is 0.907. The van der Waals surface area contributed by atoms with Gasteiger partial charge in [0, 0.05) is 44.9 Å². The van der Waals surface area contributed by atoms with Crippen molar-refractivity contribution in [2.24, 2.45) is 0 Å². The molecular weight excluding hydrogens is 601 g/mol. The number of benzene rings is 8. The van der Waals surface area contributed by atoms with Crippen LogP contribution in [-0.2, 0) is 0 Å². The highest BCUT2D eigenvalue weighted by Crippen LogP contribution is 2.46. The lowest BCUT2D eigenvalue weighted by Gasteiger charge is -2.25. The molecule has 2 heterocycles. The fourth-order valence-electron chi connectivity index (χ4n) is 7.28. The van der Waals surface area contributed by atoms with Gasteiger partial charge in [0.15, 0.2) is 12.0 Å². The maximum absolute atomic E-state index is 6.61. The monoisotopic (exact) mass is 630 g/mol. The zero-order valence-corrected chi connectivity index (χ0v) is 26.5. The summed E-state index contributed by atoms with van der Waals surface area (Å²) in [6.45, 7) is 0. The SMILES string of the molecule is c1ccc(C2Nc3ccc4ccc5ccc(-c6ccc(N(c7ccccc7)c7ccc8c(c7)oc7ccccc78)cc6)cc5c4c3O2)cc1. The van der Waals surface area contributed by atoms with Gasteiger partial charge in [-0.15, -0.1) is 0 Å². The quantitative estimate of drug-likeness (QED) is 0.192. The molecule has 1 aliphatic rings. The van der Waals surface area contributed by atoms with Gasteiger partial charge < -0.3 is 19.4 Å². The molecule has 9 aromatic rings. The summed E-state index contributed by atoms with van der Waals surface area (Å²) in [7, 11) is 0. The van der Waals surface area contributed by atoms with Crippen LogP contribution in [0.25, 0.3) is 54.6 Å². The fraction of sp³-hybridized carbons (Fsp3) is 0.0222. The van der Waals surface area contributed by atoms with Crippen LogP contribution >= 0.6 is 0 Å². The van der Waals surface area contributed by atoms with Crippen molar-refractivity contribution in [1.29, 1.82) is 0 Å². The topological polar surface area (TPSA) is 37.6 Å². The molecule has 0 saturated heterocycles. The molecule has 1 unspecified atom stereocenters. The predicted molar refractivity (Wildman–Crippen MR) is 202 cm³/mol. The number of hydrogen-bond acceptors (Lipinski definition) is 4. The molecule has 0 saturated carbocycles. The van der Waals surface area contributed by atoms with Crippen LogP contribution in [0.15, 0.2) is 174 Å². The van der Waals surface area contributed by atoms with Crippen LogP contribution in [0.3, 0.4) is 0 Å². The molecule has 0 spiro atoms. The molecule has 0 amide bonds. The zero-order chi connectivity index (χ0) is 32.3. The number of fused-ring (bicyclic) bond motifs is 8. The summed E-state index contributed by atoms with van der Waals surface area (Å²) >= 11 is 0. The van der Waals surface area contributed by atoms with Crippen LogP contribution < -0.4 is 15.0 Å². The molecular formula is C45H30N2O2. The standard InChI is InChI=1S/C45H30N2O2/c1-3-9-32(10-4-1)45-46-40-26-21-31-17-15-30-16-18-33(27-39(30)43(31)44(40)49-45)29-19-22-35(23-20-29)47(34-11-5-2-6-12-34)36-24-25-38-37-13-7-8-14-41(37)48-42(38)28-36/h1-28,45-46H. The smallest absolute Gasteiger partial charge is 0.196 e. The van der Waals surface area contributed by atoms with E-state index in [2.05, 4.69) is 150 Å². The second kappa shape index (κ2) is 11.0. The van der Waals surface area contributed by atoms with Crippen LogP contribution in [0.1, 0.15) is 11.8 Å². The maximum atomic E-state index is 6.61. The van der Waals surface area contributed by atoms with Crippen molar-refractivity contribution in [2.45, 2.75) is 6.23 Å². The van der Waals surface area contributed by atoms with E-state index in [4.69, 9.17) is 9.15 Å². The Morgan fingerprint density at radius 1 is 0.469 bits per heavy atom. The number of anilines is 4. The Balaban J connectivity index is 1.04. The molecule has 4 nitrogen and oxygen atoms in total. The van der Waals surface area contributed by atoms with E-state index < -0.39 is 0 Å². The van der Waals surface area contributed by atoms with Crippen LogP contribution in [0, 0.1) is 0 Å². The van der Waals surface area contributed by atoms with Crippen LogP contribution in [0.2, 0.25) is 0 Å². The normalized spacial score (nSPS) is 13.8. The van der Waals surface area contributed by atoms with Crippen LogP contribution in [-0.4, -0.2) is 0 Å². The van der Waals surface area contributed by atoms with E-state index in [0.29, 0.717) is 0 Å². The first-order valence-electron chi connectivity index (χ1n) is 16.6. The summed E-state index contributed by atoms with van der Waals surface area (Å²) in [5, 5.41) is 10.5. The van der Waals surface area contributed by atoms with Gasteiger partial charge in [0.1, 0.15) is 11.2 Å². The van der Waals surface area contributed by atoms with Gasteiger partial charge >= 0.3 is 0 Å². The minimum Gasteiger partial charge on any atom is -0.464 e. The first-order valence-corrected chi connectivity index (χ1v) is 16.6. The molecule has 10 rings (SSSR count). The lowest BCUT2D eigenvalue weighted by Crippen LogP contribution is -2.09. The number of furan rings is 1. The highest BCUT2D eigenvalue weighted by Gasteiger charge is 2.26. The highest BCUT2D eigenvalue weighted by atomic mass is 16.5. The molecule has 1 aliphatic heterocycles. The lowest BCUT2D eigenvalue weighted by atomic mass is 9.96. The van der Waals surface area contributed by atoms with E-state index in [1.54, 1.807) is 0 Å². The molecule has 8 aromatic carbocycles. The first-order chi connectivity index (χ1) is 24.3. The molecule has 0 aliphatic carbocycles. The van der Waals surface area contributed by atoms with Gasteiger partial charge in [0.2, 0.25) is 0 Å². The molecule has 0 fully saturated rings. The van der Waals surface area contributed by atoms with Crippen molar-refractivity contribution in [3.63, 3.8) is 0 Å². The van der Waals surface area contributed by atoms with Gasteiger partial charge in [-0.1, -0.05) is 109 Å². The van der Waals surface area contributed by atoms with Gasteiger partial charge in [-0.3, -0.25) is 0 Å². The Bertz CT molecular complexity index is 2660. The Kier molecular flexibility index (Phi) is 6.21. The largest absolute Gasteiger partial charge is 0.464 e. The predicted octanol–water partition coefficient (Wildman–Crippen LogP) is 12.5. The van der Waals surface area contributed by atoms with E-state index in [1.165, 1.54) is 10.8 Å². The summed E-state index contributed by atoms with van der Waals surface area (Å²) in [6.07, 6.45) is -0.215. The molecule has 232 valence electrons. The Hall–Kier alpha value is -6.52. The third kappa shape index (κ3) is 4.61. The van der Waals surface area contributed by atoms with Gasteiger partial charge in [-0.05, 0) is 81.9 Å². The van der Waals surface area contributed by atoms with Crippen molar-refractivity contribution in [3.05, 3.63) is 175 Å². The van der Waals surface area contributed by atoms with Gasteiger partial charge in [0.05, 0.1) is 5.69 Å². The third-order valence-corrected chi connectivity index (χ3v) is 9.67. The molecule has 0 bridgehead atoms. The van der Waals surface area contributed by atoms with Crippen LogP contribution in [0.5, 0.6) is 5.75 Å². The van der Waals surface area contributed by atoms with Crippen LogP contribution in [0.4, 0.5) is 22.7 Å². The number of nitrogens with one attached hydrogen (secondary N) is 1. The summed E-state index contributed by atoms with van der Waals surface area (Å²) in [4.78, 5) is 2.28. The van der Waals surface area contributed by atoms with Crippen molar-refractivity contribution in [1.82, 2.24) is 0 Å². The first kappa shape index (κ1) is 27.6. The molecule has 4 heteroatoms. The fourth-order valence-corrected chi connectivity index (χ4v) is 7.28. The number of hydrogen-bond donors (Lipinski definition) is 1. The average Bonchev–Trinajstić information content (AvgIpc) is 3.77. The minimum atomic E-state index is -0.215. The van der Waals surface area contributed by atoms with Gasteiger partial charge in [0.25, 0.3) is 0 Å². The third-order valence-electron chi connectivity index (χ3n) is 9.67. The molecule has 0 radical (unpaired) electrons. The molecule has 1 N–H and O–H groups in total. The number of ether oxygens (including phenoxy) is 1. The lowest BCUT2D eigenvalue weighted by molar-refractivity contribution is 0.263. The minimum absolute atomic E-state index is 0.215. The van der Waals surface area contributed by atoms with E-state index in [0.717, 1.165) is 77.9 Å². The van der Waals surface area contributed by atoms with E-state index >= 15 is 0 Å². The summed E-state index contributed by atoms with van der Waals surface area (Å²) < 4.78 is 12.9. The van der Waals surface area contributed by atoms with Crippen molar-refractivity contribution >= 4 is 66.2 Å². The van der Waals surface area contributed by atoms with E-state index in [9.17, 15) is 0 Å². The maximum Gasteiger partial charge on any atom is 0.196 e. The Morgan fingerprint density at radius 2 is 1.12 bits per heavy atom. The summed E-state index contributed by atoms with van der Waals surface area (Å²) in [5.41, 5.74) is 9.40. The second-order valence-electron chi connectivity index (χ2n) is 12.6. The molecule has 49 heavy (non-hydrogen) atoms. The second-order valence-corrected chi connectivity index (χ2v) is 12.6. The zero-order valence-electron chi connectivity index (χ0n) is 26.5. The molecule has 1 aromatic heterocycles. The number of para-hydroxylation sites is 2. The summed E-state index contributed by atoms with van der Waals surface area (Å²) in [6, 6.07) is 59.8. The van der Waals surface area contributed by atoms with E-state index in [1.807, 2.05) is 30.3 Å². The van der Waals surface area contributed by atoms with Gasteiger partial charge in [-0.2, -0.15) is 0 Å². The Labute approximate surface area is 283 Å². The Morgan fingerprint density at radius 3 is 1.98 bits per heavy atom. The molecule has 1 atom stereocenters. The number of nitrogens with zero attached hydrogens (tertiary/aromatic N) is 1. The number of rotatable bonds is 5. The van der Waals surface area contributed by atoms with Crippen molar-refractivity contribution < 1.29 is 9.15 Å². The van der Waals surface area contributed by atoms with Crippen molar-refractivity contribution in [2.75, 3.05) is 10.2 Å². The van der Waals surface area contributed by atoms with Gasteiger partial charge in [-0.25, -0.2) is 0 Å². The van der Waals surface area contributed by atoms with Crippen molar-refractivity contribution in [3.8, 4) is 16.9 Å². The van der Waals surface area contributed by atoms with E-state index in [-0.39, 0.29) is 6.23 Å². The highest BCUT2D eigenvalue weighted by molar-refractivity contribution is 6.14.